The van der Waals surface area contributed by atoms with Gasteiger partial charge in [-0.3, -0.25) is 0 Å². The van der Waals surface area contributed by atoms with E-state index in [2.05, 4.69) is 24.8 Å². The molecule has 0 N–H and O–H groups in total. The zero-order chi connectivity index (χ0) is 11.7. The molecule has 0 atom stereocenters. The third-order valence-electron chi connectivity index (χ3n) is 3.00. The Labute approximate surface area is 95.7 Å². The third-order valence-corrected chi connectivity index (χ3v) is 3.00. The molecule has 1 aliphatic carbocycles. The zero-order valence-corrected chi connectivity index (χ0v) is 9.41. The largest absolute Gasteiger partial charge is 0.238 e. The standard InChI is InChI=1S/C14H12N2/c1-9(2)13-7-10-6-11(16-3)4-5-12(10)14(13)8-15/h4-6,9H,7H2,1-2H3. The van der Waals surface area contributed by atoms with E-state index >= 15 is 0 Å². The van der Waals surface area contributed by atoms with Crippen LogP contribution in [0.1, 0.15) is 25.0 Å². The monoisotopic (exact) mass is 208 g/mol. The molecule has 0 saturated heterocycles. The highest BCUT2D eigenvalue weighted by Gasteiger charge is 2.23. The molecule has 2 nitrogen and oxygen atoms in total. The SMILES string of the molecule is [C-]#[N+]c1ccc2c(c1)CC(C(C)C)=C2C#N. The van der Waals surface area contributed by atoms with Crippen molar-refractivity contribution in [1.29, 1.82) is 5.26 Å². The van der Waals surface area contributed by atoms with Gasteiger partial charge in [0.05, 0.1) is 18.2 Å². The van der Waals surface area contributed by atoms with Gasteiger partial charge in [0, 0.05) is 0 Å². The summed E-state index contributed by atoms with van der Waals surface area (Å²) < 4.78 is 0. The van der Waals surface area contributed by atoms with Gasteiger partial charge in [0.1, 0.15) is 0 Å². The van der Waals surface area contributed by atoms with Crippen LogP contribution in [0.3, 0.4) is 0 Å². The van der Waals surface area contributed by atoms with E-state index in [-0.39, 0.29) is 0 Å². The minimum atomic E-state index is 0.387. The lowest BCUT2D eigenvalue weighted by Gasteiger charge is -2.05. The van der Waals surface area contributed by atoms with Gasteiger partial charge in [-0.05, 0) is 29.0 Å². The molecule has 78 valence electrons. The van der Waals surface area contributed by atoms with Crippen LogP contribution in [-0.2, 0) is 6.42 Å². The molecule has 0 aliphatic heterocycles. The van der Waals surface area contributed by atoms with Gasteiger partial charge in [-0.15, -0.1) is 0 Å². The highest BCUT2D eigenvalue weighted by molar-refractivity contribution is 5.86. The van der Waals surface area contributed by atoms with Crippen LogP contribution < -0.4 is 0 Å². The lowest BCUT2D eigenvalue weighted by molar-refractivity contribution is 0.753. The fourth-order valence-electron chi connectivity index (χ4n) is 2.13. The number of allylic oxidation sites excluding steroid dienone is 2. The molecule has 2 heteroatoms. The fourth-order valence-corrected chi connectivity index (χ4v) is 2.13. The molecule has 0 spiro atoms. The molecule has 0 heterocycles. The number of nitriles is 1. The number of fused-ring (bicyclic) bond motifs is 1. The van der Waals surface area contributed by atoms with Crippen molar-refractivity contribution in [2.24, 2.45) is 5.92 Å². The van der Waals surface area contributed by atoms with E-state index in [9.17, 15) is 5.26 Å². The fraction of sp³-hybridized carbons (Fsp3) is 0.286. The average molecular weight is 208 g/mol. The molecule has 16 heavy (non-hydrogen) atoms. The van der Waals surface area contributed by atoms with Crippen LogP contribution in [0, 0.1) is 23.8 Å². The Morgan fingerprint density at radius 1 is 1.44 bits per heavy atom. The van der Waals surface area contributed by atoms with Gasteiger partial charge >= 0.3 is 0 Å². The lowest BCUT2D eigenvalue weighted by atomic mass is 9.98. The number of rotatable bonds is 1. The van der Waals surface area contributed by atoms with Crippen molar-refractivity contribution in [3.63, 3.8) is 0 Å². The Hall–Kier alpha value is -2.06. The Bertz CT molecular complexity index is 551. The van der Waals surface area contributed by atoms with Crippen LogP contribution in [0.25, 0.3) is 10.4 Å². The van der Waals surface area contributed by atoms with E-state index in [0.717, 1.165) is 23.1 Å². The van der Waals surface area contributed by atoms with E-state index in [4.69, 9.17) is 6.57 Å². The lowest BCUT2D eigenvalue weighted by Crippen LogP contribution is -1.94. The predicted molar refractivity (Wildman–Crippen MR) is 63.8 cm³/mol. The van der Waals surface area contributed by atoms with Crippen molar-refractivity contribution in [3.05, 3.63) is 46.3 Å². The highest BCUT2D eigenvalue weighted by atomic mass is 14.6. The summed E-state index contributed by atoms with van der Waals surface area (Å²) in [4.78, 5) is 3.42. The summed E-state index contributed by atoms with van der Waals surface area (Å²) in [7, 11) is 0. The predicted octanol–water partition coefficient (Wildman–Crippen LogP) is 3.73. The van der Waals surface area contributed by atoms with Crippen LogP contribution in [0.5, 0.6) is 0 Å². The van der Waals surface area contributed by atoms with Gasteiger partial charge in [-0.2, -0.15) is 5.26 Å². The summed E-state index contributed by atoms with van der Waals surface area (Å²) in [5.74, 6) is 0.387. The van der Waals surface area contributed by atoms with Crippen molar-refractivity contribution in [2.45, 2.75) is 20.3 Å². The summed E-state index contributed by atoms with van der Waals surface area (Å²) in [6.45, 7) is 11.2. The van der Waals surface area contributed by atoms with E-state index in [1.165, 1.54) is 5.57 Å². The molecule has 0 saturated carbocycles. The first-order valence-corrected chi connectivity index (χ1v) is 5.31. The Morgan fingerprint density at radius 3 is 2.75 bits per heavy atom. The second-order valence-electron chi connectivity index (χ2n) is 4.30. The maximum absolute atomic E-state index is 9.19. The number of nitrogens with zero attached hydrogens (tertiary/aromatic N) is 2. The molecular weight excluding hydrogens is 196 g/mol. The molecule has 2 rings (SSSR count). The summed E-state index contributed by atoms with van der Waals surface area (Å²) in [5, 5.41) is 9.19. The normalized spacial score (nSPS) is 13.6. The molecule has 0 bridgehead atoms. The van der Waals surface area contributed by atoms with Gasteiger partial charge in [0.2, 0.25) is 0 Å². The molecule has 1 aromatic rings. The van der Waals surface area contributed by atoms with Crippen molar-refractivity contribution < 1.29 is 0 Å². The minimum absolute atomic E-state index is 0.387. The Balaban J connectivity index is 2.55. The number of hydrogen-bond donors (Lipinski definition) is 0. The van der Waals surface area contributed by atoms with Gasteiger partial charge in [-0.25, -0.2) is 4.85 Å². The second-order valence-corrected chi connectivity index (χ2v) is 4.30. The van der Waals surface area contributed by atoms with Gasteiger partial charge in [0.15, 0.2) is 5.69 Å². The van der Waals surface area contributed by atoms with Crippen LogP contribution in [0.4, 0.5) is 5.69 Å². The third kappa shape index (κ3) is 1.49. The van der Waals surface area contributed by atoms with E-state index in [0.29, 0.717) is 11.6 Å². The summed E-state index contributed by atoms with van der Waals surface area (Å²) in [5.41, 5.74) is 4.79. The first-order valence-electron chi connectivity index (χ1n) is 5.31. The summed E-state index contributed by atoms with van der Waals surface area (Å²) in [6.07, 6.45) is 0.819. The molecule has 0 radical (unpaired) electrons. The van der Waals surface area contributed by atoms with E-state index in [1.54, 1.807) is 6.07 Å². The van der Waals surface area contributed by atoms with E-state index < -0.39 is 0 Å². The second kappa shape index (κ2) is 3.83. The highest BCUT2D eigenvalue weighted by Crippen LogP contribution is 2.37. The molecular formula is C14H12N2. The average Bonchev–Trinajstić information content (AvgIpc) is 2.66. The number of benzene rings is 1. The van der Waals surface area contributed by atoms with Crippen molar-refractivity contribution in [2.75, 3.05) is 0 Å². The van der Waals surface area contributed by atoms with Crippen LogP contribution in [0.15, 0.2) is 23.8 Å². The van der Waals surface area contributed by atoms with Crippen molar-refractivity contribution >= 4 is 11.3 Å². The van der Waals surface area contributed by atoms with Gasteiger partial charge < -0.3 is 0 Å². The summed E-state index contributed by atoms with van der Waals surface area (Å²) >= 11 is 0. The van der Waals surface area contributed by atoms with Crippen LogP contribution in [-0.4, -0.2) is 0 Å². The topological polar surface area (TPSA) is 28.1 Å². The number of hydrogen-bond acceptors (Lipinski definition) is 1. The quantitative estimate of drug-likeness (QED) is 0.646. The smallest absolute Gasteiger partial charge is 0.187 e. The zero-order valence-electron chi connectivity index (χ0n) is 9.41. The van der Waals surface area contributed by atoms with Gasteiger partial charge in [0.25, 0.3) is 0 Å². The summed E-state index contributed by atoms with van der Waals surface area (Å²) in [6, 6.07) is 7.87. The molecule has 0 fully saturated rings. The molecule has 1 aromatic carbocycles. The molecule has 1 aliphatic rings. The first-order chi connectivity index (χ1) is 7.67. The van der Waals surface area contributed by atoms with Crippen LogP contribution in [0.2, 0.25) is 0 Å². The van der Waals surface area contributed by atoms with Crippen LogP contribution >= 0.6 is 0 Å². The van der Waals surface area contributed by atoms with Crippen molar-refractivity contribution in [1.82, 2.24) is 0 Å². The maximum Gasteiger partial charge on any atom is 0.187 e. The Kier molecular flexibility index (Phi) is 2.50. The molecule has 0 unspecified atom stereocenters. The first kappa shape index (κ1) is 10.5. The Morgan fingerprint density at radius 2 is 2.19 bits per heavy atom. The van der Waals surface area contributed by atoms with E-state index in [1.807, 2.05) is 12.1 Å². The molecule has 0 amide bonds. The van der Waals surface area contributed by atoms with Crippen molar-refractivity contribution in [3.8, 4) is 6.07 Å². The van der Waals surface area contributed by atoms with Gasteiger partial charge in [-0.1, -0.05) is 32.0 Å². The molecule has 0 aromatic heterocycles. The minimum Gasteiger partial charge on any atom is -0.238 e. The maximum atomic E-state index is 9.19.